The third kappa shape index (κ3) is 3.26. The Bertz CT molecular complexity index is 404. The molecule has 0 aliphatic rings. The normalized spacial score (nSPS) is 9.67. The molecular formula is C9H11N3O3. The molecule has 0 spiro atoms. The highest BCUT2D eigenvalue weighted by atomic mass is 16.4. The van der Waals surface area contributed by atoms with Gasteiger partial charge in [0.1, 0.15) is 12.4 Å². The van der Waals surface area contributed by atoms with E-state index in [4.69, 9.17) is 10.8 Å². The molecule has 0 aromatic carbocycles. The Morgan fingerprint density at radius 1 is 1.53 bits per heavy atom. The van der Waals surface area contributed by atoms with E-state index < -0.39 is 11.9 Å². The van der Waals surface area contributed by atoms with Gasteiger partial charge in [0.25, 0.3) is 0 Å². The molecule has 0 aliphatic carbocycles. The fourth-order valence-corrected chi connectivity index (χ4v) is 1.07. The Hall–Kier alpha value is -2.11. The van der Waals surface area contributed by atoms with Gasteiger partial charge >= 0.3 is 5.97 Å². The standard InChI is InChI=1S/C9H11N3O3/c1-5-2-6(9(10)15)3-7(12-5)11-4-8(13)14/h2-3H,4H2,1H3,(H2,10,15)(H,11,12)(H,13,14). The van der Waals surface area contributed by atoms with Crippen LogP contribution in [0.1, 0.15) is 16.1 Å². The van der Waals surface area contributed by atoms with Crippen LogP contribution in [0.5, 0.6) is 0 Å². The van der Waals surface area contributed by atoms with Crippen LogP contribution in [0.25, 0.3) is 0 Å². The van der Waals surface area contributed by atoms with E-state index in [2.05, 4.69) is 10.3 Å². The van der Waals surface area contributed by atoms with Gasteiger partial charge in [-0.1, -0.05) is 0 Å². The number of nitrogens with one attached hydrogen (secondary N) is 1. The van der Waals surface area contributed by atoms with Crippen LogP contribution in [0.2, 0.25) is 0 Å². The van der Waals surface area contributed by atoms with E-state index in [1.54, 1.807) is 6.92 Å². The molecule has 0 radical (unpaired) electrons. The summed E-state index contributed by atoms with van der Waals surface area (Å²) in [5.41, 5.74) is 5.99. The molecule has 1 aromatic heterocycles. The number of amides is 1. The molecule has 0 saturated heterocycles. The third-order valence-electron chi connectivity index (χ3n) is 1.66. The SMILES string of the molecule is Cc1cc(C(N)=O)cc(NCC(=O)O)n1. The summed E-state index contributed by atoms with van der Waals surface area (Å²) in [4.78, 5) is 25.2. The van der Waals surface area contributed by atoms with Gasteiger partial charge in [0.15, 0.2) is 0 Å². The van der Waals surface area contributed by atoms with Crippen LogP contribution in [0, 0.1) is 6.92 Å². The van der Waals surface area contributed by atoms with Crippen molar-refractivity contribution in [3.8, 4) is 0 Å². The summed E-state index contributed by atoms with van der Waals surface area (Å²) in [6, 6.07) is 2.95. The van der Waals surface area contributed by atoms with E-state index in [9.17, 15) is 9.59 Å². The van der Waals surface area contributed by atoms with Crippen LogP contribution >= 0.6 is 0 Å². The van der Waals surface area contributed by atoms with Gasteiger partial charge < -0.3 is 16.2 Å². The molecule has 1 aromatic rings. The van der Waals surface area contributed by atoms with Crippen molar-refractivity contribution in [2.75, 3.05) is 11.9 Å². The topological polar surface area (TPSA) is 105 Å². The molecule has 1 rings (SSSR count). The molecule has 6 heteroatoms. The quantitative estimate of drug-likeness (QED) is 0.646. The second-order valence-electron chi connectivity index (χ2n) is 2.99. The number of pyridine rings is 1. The van der Waals surface area contributed by atoms with Crippen molar-refractivity contribution in [2.45, 2.75) is 6.92 Å². The molecule has 0 bridgehead atoms. The second kappa shape index (κ2) is 4.41. The lowest BCUT2D eigenvalue weighted by Crippen LogP contribution is -2.16. The number of carboxylic acid groups (broad SMARTS) is 1. The van der Waals surface area contributed by atoms with Gasteiger partial charge in [-0.15, -0.1) is 0 Å². The van der Waals surface area contributed by atoms with Gasteiger partial charge in [-0.3, -0.25) is 9.59 Å². The van der Waals surface area contributed by atoms with Crippen molar-refractivity contribution in [3.63, 3.8) is 0 Å². The average molecular weight is 209 g/mol. The van der Waals surface area contributed by atoms with Gasteiger partial charge in [0.2, 0.25) is 5.91 Å². The van der Waals surface area contributed by atoms with Crippen molar-refractivity contribution in [1.82, 2.24) is 4.98 Å². The van der Waals surface area contributed by atoms with Crippen LogP contribution in [-0.2, 0) is 4.79 Å². The zero-order valence-corrected chi connectivity index (χ0v) is 8.15. The van der Waals surface area contributed by atoms with E-state index in [0.29, 0.717) is 17.1 Å². The molecule has 0 aliphatic heterocycles. The Morgan fingerprint density at radius 2 is 2.20 bits per heavy atom. The summed E-state index contributed by atoms with van der Waals surface area (Å²) in [5, 5.41) is 11.0. The minimum absolute atomic E-state index is 0.255. The second-order valence-corrected chi connectivity index (χ2v) is 2.99. The highest BCUT2D eigenvalue weighted by Crippen LogP contribution is 2.09. The maximum Gasteiger partial charge on any atom is 0.322 e. The molecule has 6 nitrogen and oxygen atoms in total. The Balaban J connectivity index is 2.88. The minimum atomic E-state index is -1.00. The van der Waals surface area contributed by atoms with Crippen molar-refractivity contribution < 1.29 is 14.7 Å². The van der Waals surface area contributed by atoms with Crippen LogP contribution in [-0.4, -0.2) is 28.5 Å². The number of rotatable bonds is 4. The molecule has 0 atom stereocenters. The highest BCUT2D eigenvalue weighted by Gasteiger charge is 2.05. The summed E-state index contributed by atoms with van der Waals surface area (Å²) in [6.07, 6.45) is 0. The molecule has 80 valence electrons. The zero-order valence-electron chi connectivity index (χ0n) is 8.15. The zero-order chi connectivity index (χ0) is 11.4. The monoisotopic (exact) mass is 209 g/mol. The number of aliphatic carboxylic acids is 1. The van der Waals surface area contributed by atoms with E-state index in [-0.39, 0.29) is 6.54 Å². The van der Waals surface area contributed by atoms with Crippen LogP contribution in [0.15, 0.2) is 12.1 Å². The Morgan fingerprint density at radius 3 is 2.73 bits per heavy atom. The largest absolute Gasteiger partial charge is 0.480 e. The first-order valence-electron chi connectivity index (χ1n) is 4.23. The summed E-state index contributed by atoms with van der Waals surface area (Å²) in [6.45, 7) is 1.44. The maximum absolute atomic E-state index is 10.9. The number of carbonyl (C=O) groups is 2. The smallest absolute Gasteiger partial charge is 0.322 e. The van der Waals surface area contributed by atoms with Gasteiger partial charge in [0, 0.05) is 11.3 Å². The summed E-state index contributed by atoms with van der Waals surface area (Å²) in [5.74, 6) is -1.25. The maximum atomic E-state index is 10.9. The lowest BCUT2D eigenvalue weighted by atomic mass is 10.2. The number of carboxylic acids is 1. The number of nitrogens with two attached hydrogens (primary N) is 1. The minimum Gasteiger partial charge on any atom is -0.480 e. The van der Waals surface area contributed by atoms with Gasteiger partial charge in [0.05, 0.1) is 0 Å². The van der Waals surface area contributed by atoms with Gasteiger partial charge in [-0.25, -0.2) is 4.98 Å². The predicted molar refractivity (Wildman–Crippen MR) is 53.6 cm³/mol. The first-order chi connectivity index (χ1) is 6.99. The van der Waals surface area contributed by atoms with E-state index in [1.165, 1.54) is 12.1 Å². The van der Waals surface area contributed by atoms with Crippen molar-refractivity contribution >= 4 is 17.7 Å². The molecule has 1 heterocycles. The van der Waals surface area contributed by atoms with Crippen molar-refractivity contribution in [3.05, 3.63) is 23.4 Å². The molecule has 0 unspecified atom stereocenters. The van der Waals surface area contributed by atoms with Crippen molar-refractivity contribution in [2.24, 2.45) is 5.73 Å². The average Bonchev–Trinajstić information content (AvgIpc) is 2.13. The van der Waals surface area contributed by atoms with E-state index in [0.717, 1.165) is 0 Å². The highest BCUT2D eigenvalue weighted by molar-refractivity contribution is 5.93. The molecule has 15 heavy (non-hydrogen) atoms. The predicted octanol–water partition coefficient (Wildman–Crippen LogP) is -0.0146. The third-order valence-corrected chi connectivity index (χ3v) is 1.66. The number of aryl methyl sites for hydroxylation is 1. The van der Waals surface area contributed by atoms with Crippen LogP contribution in [0.4, 0.5) is 5.82 Å². The number of aromatic nitrogens is 1. The summed E-state index contributed by atoms with van der Waals surface area (Å²) < 4.78 is 0. The molecule has 0 fully saturated rings. The first-order valence-corrected chi connectivity index (χ1v) is 4.23. The lowest BCUT2D eigenvalue weighted by molar-refractivity contribution is -0.134. The molecule has 1 amide bonds. The number of anilines is 1. The van der Waals surface area contributed by atoms with Crippen molar-refractivity contribution in [1.29, 1.82) is 0 Å². The fourth-order valence-electron chi connectivity index (χ4n) is 1.07. The van der Waals surface area contributed by atoms with E-state index in [1.807, 2.05) is 0 Å². The van der Waals surface area contributed by atoms with Crippen LogP contribution < -0.4 is 11.1 Å². The van der Waals surface area contributed by atoms with Gasteiger partial charge in [-0.05, 0) is 19.1 Å². The number of primary amides is 1. The molecule has 0 saturated carbocycles. The Labute approximate surface area is 86.1 Å². The fraction of sp³-hybridized carbons (Fsp3) is 0.222. The lowest BCUT2D eigenvalue weighted by Gasteiger charge is -2.05. The van der Waals surface area contributed by atoms with E-state index >= 15 is 0 Å². The Kier molecular flexibility index (Phi) is 3.22. The number of nitrogens with zero attached hydrogens (tertiary/aromatic N) is 1. The van der Waals surface area contributed by atoms with Gasteiger partial charge in [-0.2, -0.15) is 0 Å². The number of hydrogen-bond acceptors (Lipinski definition) is 4. The molecule has 4 N–H and O–H groups in total. The number of hydrogen-bond donors (Lipinski definition) is 3. The van der Waals surface area contributed by atoms with Crippen LogP contribution in [0.3, 0.4) is 0 Å². The molecular weight excluding hydrogens is 198 g/mol. The summed E-state index contributed by atoms with van der Waals surface area (Å²) in [7, 11) is 0. The summed E-state index contributed by atoms with van der Waals surface area (Å²) >= 11 is 0. The number of carbonyl (C=O) groups excluding carboxylic acids is 1. The first kappa shape index (κ1) is 11.0.